The van der Waals surface area contributed by atoms with Crippen LogP contribution in [0.2, 0.25) is 0 Å². The van der Waals surface area contributed by atoms with E-state index in [1.807, 2.05) is 17.7 Å². The average Bonchev–Trinajstić information content (AvgIpc) is 2.67. The summed E-state index contributed by atoms with van der Waals surface area (Å²) >= 11 is 0. The number of pyridine rings is 1. The zero-order valence-electron chi connectivity index (χ0n) is 11.4. The van der Waals surface area contributed by atoms with E-state index in [-0.39, 0.29) is 0 Å². The maximum absolute atomic E-state index is 9.96. The highest BCUT2D eigenvalue weighted by atomic mass is 16.3. The Morgan fingerprint density at radius 1 is 1.39 bits per heavy atom. The molecule has 0 radical (unpaired) electrons. The van der Waals surface area contributed by atoms with Crippen molar-refractivity contribution in [1.29, 1.82) is 0 Å². The number of hydrogen-bond acceptors (Lipinski definition) is 4. The monoisotopic (exact) mass is 248 g/mol. The van der Waals surface area contributed by atoms with Gasteiger partial charge in [0, 0.05) is 26.3 Å². The Morgan fingerprint density at radius 3 is 2.72 bits per heavy atom. The van der Waals surface area contributed by atoms with E-state index in [4.69, 9.17) is 0 Å². The van der Waals surface area contributed by atoms with E-state index in [1.165, 1.54) is 0 Å². The Balaban J connectivity index is 2.45. The fourth-order valence-electron chi connectivity index (χ4n) is 2.08. The zero-order valence-corrected chi connectivity index (χ0v) is 11.4. The Kier molecular flexibility index (Phi) is 3.26. The molecule has 98 valence electrons. The maximum Gasteiger partial charge on any atom is 0.156 e. The Labute approximate surface area is 107 Å². The molecule has 0 amide bonds. The van der Waals surface area contributed by atoms with Crippen molar-refractivity contribution in [1.82, 2.24) is 14.5 Å². The first-order valence-corrected chi connectivity index (χ1v) is 6.15. The summed E-state index contributed by atoms with van der Waals surface area (Å²) in [6.07, 6.45) is 3.57. The third kappa shape index (κ3) is 2.46. The summed E-state index contributed by atoms with van der Waals surface area (Å²) in [6.45, 7) is 6.97. The van der Waals surface area contributed by atoms with E-state index < -0.39 is 5.60 Å². The second kappa shape index (κ2) is 4.57. The second-order valence-corrected chi connectivity index (χ2v) is 5.18. The van der Waals surface area contributed by atoms with E-state index >= 15 is 0 Å². The topological polar surface area (TPSA) is 54.2 Å². The van der Waals surface area contributed by atoms with Crippen LogP contribution in [0, 0.1) is 0 Å². The van der Waals surface area contributed by atoms with E-state index in [0.29, 0.717) is 6.54 Å². The fourth-order valence-corrected chi connectivity index (χ4v) is 2.08. The summed E-state index contributed by atoms with van der Waals surface area (Å²) in [6, 6.07) is 1.95. The van der Waals surface area contributed by atoms with E-state index in [9.17, 15) is 5.11 Å². The first-order chi connectivity index (χ1) is 8.42. The van der Waals surface area contributed by atoms with Gasteiger partial charge in [-0.3, -0.25) is 0 Å². The van der Waals surface area contributed by atoms with Crippen LogP contribution in [0.3, 0.4) is 0 Å². The Morgan fingerprint density at radius 2 is 2.11 bits per heavy atom. The molecule has 2 aromatic heterocycles. The number of aryl methyl sites for hydroxylation is 1. The van der Waals surface area contributed by atoms with Crippen molar-refractivity contribution < 1.29 is 5.11 Å². The van der Waals surface area contributed by atoms with Crippen LogP contribution in [0.25, 0.3) is 11.0 Å². The summed E-state index contributed by atoms with van der Waals surface area (Å²) in [5.41, 5.74) is 1.18. The molecule has 1 N–H and O–H groups in total. The number of aliphatic hydroxyl groups is 1. The molecule has 0 saturated heterocycles. The first kappa shape index (κ1) is 12.8. The highest BCUT2D eigenvalue weighted by Crippen LogP contribution is 2.23. The highest BCUT2D eigenvalue weighted by Gasteiger charge is 2.20. The molecule has 0 unspecified atom stereocenters. The summed E-state index contributed by atoms with van der Waals surface area (Å²) < 4.78 is 1.97. The van der Waals surface area contributed by atoms with Crippen LogP contribution >= 0.6 is 0 Å². The maximum atomic E-state index is 9.96. The molecule has 0 bridgehead atoms. The van der Waals surface area contributed by atoms with Crippen molar-refractivity contribution >= 4 is 16.9 Å². The van der Waals surface area contributed by atoms with E-state index in [1.54, 1.807) is 26.4 Å². The molecule has 2 rings (SSSR count). The van der Waals surface area contributed by atoms with Crippen LogP contribution < -0.4 is 4.90 Å². The molecule has 0 spiro atoms. The third-order valence-electron chi connectivity index (χ3n) is 2.88. The van der Waals surface area contributed by atoms with Crippen LogP contribution in [-0.4, -0.2) is 38.3 Å². The minimum atomic E-state index is -0.755. The molecule has 2 aromatic rings. The van der Waals surface area contributed by atoms with Gasteiger partial charge < -0.3 is 14.6 Å². The highest BCUT2D eigenvalue weighted by molar-refractivity contribution is 5.86. The molecular weight excluding hydrogens is 228 g/mol. The van der Waals surface area contributed by atoms with Crippen molar-refractivity contribution in [3.8, 4) is 0 Å². The summed E-state index contributed by atoms with van der Waals surface area (Å²) in [7, 11) is 1.96. The van der Waals surface area contributed by atoms with Crippen molar-refractivity contribution in [2.24, 2.45) is 7.05 Å². The predicted molar refractivity (Wildman–Crippen MR) is 72.7 cm³/mol. The predicted octanol–water partition coefficient (Wildman–Crippen LogP) is 1.57. The molecule has 18 heavy (non-hydrogen) atoms. The Hall–Kier alpha value is -1.62. The zero-order chi connectivity index (χ0) is 13.3. The number of anilines is 1. The fraction of sp³-hybridized carbons (Fsp3) is 0.538. The number of likely N-dealkylation sites (N-methyl/N-ethyl adjacent to an activating group) is 1. The molecule has 2 heterocycles. The molecule has 5 nitrogen and oxygen atoms in total. The van der Waals surface area contributed by atoms with Crippen molar-refractivity contribution in [2.75, 3.05) is 18.0 Å². The molecular formula is C13H20N4O. The van der Waals surface area contributed by atoms with Gasteiger partial charge in [-0.25, -0.2) is 9.97 Å². The van der Waals surface area contributed by atoms with Gasteiger partial charge in [-0.1, -0.05) is 0 Å². The van der Waals surface area contributed by atoms with Gasteiger partial charge in [-0.2, -0.15) is 0 Å². The largest absolute Gasteiger partial charge is 0.389 e. The molecule has 0 atom stereocenters. The molecule has 0 fully saturated rings. The number of nitrogens with zero attached hydrogens (tertiary/aromatic N) is 4. The van der Waals surface area contributed by atoms with Gasteiger partial charge in [0.2, 0.25) is 0 Å². The standard InChI is InChI=1S/C13H20N4O/c1-5-17(8-13(2,3)18)12-11-10(6-7-14-12)16(4)9-15-11/h6-7,9,18H,5,8H2,1-4H3. The third-order valence-corrected chi connectivity index (χ3v) is 2.88. The van der Waals surface area contributed by atoms with Crippen molar-refractivity contribution in [3.05, 3.63) is 18.6 Å². The normalized spacial score (nSPS) is 12.1. The van der Waals surface area contributed by atoms with Gasteiger partial charge in [0.25, 0.3) is 0 Å². The summed E-state index contributed by atoms with van der Waals surface area (Å²) in [5.74, 6) is 0.831. The summed E-state index contributed by atoms with van der Waals surface area (Å²) in [5, 5.41) is 9.96. The lowest BCUT2D eigenvalue weighted by Crippen LogP contribution is -2.39. The van der Waals surface area contributed by atoms with Crippen LogP contribution in [0.1, 0.15) is 20.8 Å². The van der Waals surface area contributed by atoms with Gasteiger partial charge in [0.15, 0.2) is 5.82 Å². The Bertz CT molecular complexity index is 541. The van der Waals surface area contributed by atoms with Crippen LogP contribution in [0.4, 0.5) is 5.82 Å². The quantitative estimate of drug-likeness (QED) is 0.892. The van der Waals surface area contributed by atoms with Crippen LogP contribution in [0.15, 0.2) is 18.6 Å². The number of fused-ring (bicyclic) bond motifs is 1. The van der Waals surface area contributed by atoms with Gasteiger partial charge in [0.05, 0.1) is 17.4 Å². The minimum Gasteiger partial charge on any atom is -0.389 e. The lowest BCUT2D eigenvalue weighted by atomic mass is 10.1. The molecule has 0 aliphatic carbocycles. The SMILES string of the molecule is CCN(CC(C)(C)O)c1nccc2c1ncn2C. The summed E-state index contributed by atoms with van der Waals surface area (Å²) in [4.78, 5) is 10.9. The minimum absolute atomic E-state index is 0.534. The van der Waals surface area contributed by atoms with E-state index in [2.05, 4.69) is 21.8 Å². The molecule has 0 aliphatic rings. The van der Waals surface area contributed by atoms with Gasteiger partial charge in [-0.15, -0.1) is 0 Å². The van der Waals surface area contributed by atoms with Gasteiger partial charge in [-0.05, 0) is 26.8 Å². The van der Waals surface area contributed by atoms with E-state index in [0.717, 1.165) is 23.4 Å². The number of imidazole rings is 1. The molecule has 0 aliphatic heterocycles. The van der Waals surface area contributed by atoms with Gasteiger partial charge >= 0.3 is 0 Å². The van der Waals surface area contributed by atoms with Crippen LogP contribution in [-0.2, 0) is 7.05 Å². The lowest BCUT2D eigenvalue weighted by Gasteiger charge is -2.29. The lowest BCUT2D eigenvalue weighted by molar-refractivity contribution is 0.0875. The average molecular weight is 248 g/mol. The number of aromatic nitrogens is 3. The second-order valence-electron chi connectivity index (χ2n) is 5.18. The van der Waals surface area contributed by atoms with Crippen molar-refractivity contribution in [3.63, 3.8) is 0 Å². The number of hydrogen-bond donors (Lipinski definition) is 1. The van der Waals surface area contributed by atoms with Crippen molar-refractivity contribution in [2.45, 2.75) is 26.4 Å². The number of rotatable bonds is 4. The van der Waals surface area contributed by atoms with Crippen LogP contribution in [0.5, 0.6) is 0 Å². The molecule has 0 aromatic carbocycles. The molecule has 0 saturated carbocycles. The smallest absolute Gasteiger partial charge is 0.156 e. The molecule has 5 heteroatoms. The first-order valence-electron chi connectivity index (χ1n) is 6.15. The van der Waals surface area contributed by atoms with Gasteiger partial charge in [0.1, 0.15) is 5.52 Å².